The molecule has 1 N–H and O–H groups in total. The molecule has 70 valence electrons. The standard InChI is InChI=1S/C11H10N2O/c1-13-6-9(7-14)10-3-2-8(5-12)4-11(10)13/h2-4,6,14H,7H2,1H3. The average molecular weight is 186 g/mol. The number of nitrogens with zero attached hydrogens (tertiary/aromatic N) is 2. The molecule has 3 nitrogen and oxygen atoms in total. The number of nitriles is 1. The Morgan fingerprint density at radius 1 is 1.50 bits per heavy atom. The summed E-state index contributed by atoms with van der Waals surface area (Å²) in [6, 6.07) is 7.57. The van der Waals surface area contributed by atoms with Gasteiger partial charge < -0.3 is 9.67 Å². The van der Waals surface area contributed by atoms with Gasteiger partial charge in [0.05, 0.1) is 18.2 Å². The summed E-state index contributed by atoms with van der Waals surface area (Å²) in [5.74, 6) is 0. The van der Waals surface area contributed by atoms with Gasteiger partial charge in [-0.05, 0) is 12.1 Å². The molecule has 2 aromatic rings. The molecule has 0 spiro atoms. The quantitative estimate of drug-likeness (QED) is 0.734. The highest BCUT2D eigenvalue weighted by molar-refractivity contribution is 5.85. The van der Waals surface area contributed by atoms with E-state index in [-0.39, 0.29) is 6.61 Å². The Kier molecular flexibility index (Phi) is 1.99. The largest absolute Gasteiger partial charge is 0.392 e. The topological polar surface area (TPSA) is 49.0 Å². The molecule has 0 aliphatic carbocycles. The van der Waals surface area contributed by atoms with E-state index in [0.29, 0.717) is 5.56 Å². The van der Waals surface area contributed by atoms with Crippen LogP contribution >= 0.6 is 0 Å². The van der Waals surface area contributed by atoms with Crippen LogP contribution in [0.15, 0.2) is 24.4 Å². The Labute approximate surface area is 81.8 Å². The maximum atomic E-state index is 9.10. The highest BCUT2D eigenvalue weighted by Gasteiger charge is 2.05. The van der Waals surface area contributed by atoms with E-state index in [1.807, 2.05) is 29.9 Å². The van der Waals surface area contributed by atoms with Gasteiger partial charge in [0.1, 0.15) is 0 Å². The summed E-state index contributed by atoms with van der Waals surface area (Å²) in [6.07, 6.45) is 1.88. The van der Waals surface area contributed by atoms with Gasteiger partial charge in [-0.3, -0.25) is 0 Å². The summed E-state index contributed by atoms with van der Waals surface area (Å²) in [7, 11) is 1.91. The summed E-state index contributed by atoms with van der Waals surface area (Å²) in [6.45, 7) is 0.0310. The maximum Gasteiger partial charge on any atom is 0.0992 e. The molecular formula is C11H10N2O. The molecule has 1 heterocycles. The molecular weight excluding hydrogens is 176 g/mol. The zero-order chi connectivity index (χ0) is 10.1. The molecule has 0 aliphatic rings. The van der Waals surface area contributed by atoms with Crippen molar-refractivity contribution in [2.75, 3.05) is 0 Å². The van der Waals surface area contributed by atoms with Gasteiger partial charge in [-0.15, -0.1) is 0 Å². The maximum absolute atomic E-state index is 9.10. The van der Waals surface area contributed by atoms with Crippen LogP contribution in [0.25, 0.3) is 10.9 Å². The number of rotatable bonds is 1. The predicted molar refractivity (Wildman–Crippen MR) is 53.6 cm³/mol. The smallest absolute Gasteiger partial charge is 0.0992 e. The van der Waals surface area contributed by atoms with Crippen molar-refractivity contribution in [1.29, 1.82) is 5.26 Å². The van der Waals surface area contributed by atoms with Gasteiger partial charge in [0, 0.05) is 29.7 Å². The third-order valence-corrected chi connectivity index (χ3v) is 2.37. The van der Waals surface area contributed by atoms with Crippen LogP contribution < -0.4 is 0 Å². The van der Waals surface area contributed by atoms with Gasteiger partial charge >= 0.3 is 0 Å². The van der Waals surface area contributed by atoms with Crippen LogP contribution in [0.5, 0.6) is 0 Å². The number of hydrogen-bond acceptors (Lipinski definition) is 2. The van der Waals surface area contributed by atoms with E-state index in [0.717, 1.165) is 16.5 Å². The number of aromatic nitrogens is 1. The summed E-state index contributed by atoms with van der Waals surface area (Å²) in [5.41, 5.74) is 2.52. The first-order valence-corrected chi connectivity index (χ1v) is 4.35. The molecule has 0 atom stereocenters. The molecule has 0 saturated heterocycles. The minimum absolute atomic E-state index is 0.0310. The predicted octanol–water partition coefficient (Wildman–Crippen LogP) is 1.54. The molecule has 0 radical (unpaired) electrons. The minimum Gasteiger partial charge on any atom is -0.392 e. The van der Waals surface area contributed by atoms with Crippen molar-refractivity contribution in [2.24, 2.45) is 7.05 Å². The van der Waals surface area contributed by atoms with E-state index in [1.54, 1.807) is 6.07 Å². The fraction of sp³-hybridized carbons (Fsp3) is 0.182. The molecule has 2 rings (SSSR count). The van der Waals surface area contributed by atoms with Crippen LogP contribution in [0.4, 0.5) is 0 Å². The van der Waals surface area contributed by atoms with Crippen molar-refractivity contribution < 1.29 is 5.11 Å². The lowest BCUT2D eigenvalue weighted by Gasteiger charge is -1.95. The van der Waals surface area contributed by atoms with Crippen LogP contribution in [-0.2, 0) is 13.7 Å². The van der Waals surface area contributed by atoms with Crippen molar-refractivity contribution in [3.8, 4) is 6.07 Å². The van der Waals surface area contributed by atoms with Gasteiger partial charge in [0.15, 0.2) is 0 Å². The van der Waals surface area contributed by atoms with Gasteiger partial charge in [-0.25, -0.2) is 0 Å². The molecule has 14 heavy (non-hydrogen) atoms. The normalized spacial score (nSPS) is 10.4. The molecule has 0 amide bonds. The Balaban J connectivity index is 2.78. The van der Waals surface area contributed by atoms with E-state index in [9.17, 15) is 0 Å². The molecule has 0 bridgehead atoms. The van der Waals surface area contributed by atoms with Gasteiger partial charge in [-0.2, -0.15) is 5.26 Å². The summed E-state index contributed by atoms with van der Waals surface area (Å²) in [5, 5.41) is 18.8. The van der Waals surface area contributed by atoms with Crippen LogP contribution in [0, 0.1) is 11.3 Å². The monoisotopic (exact) mass is 186 g/mol. The lowest BCUT2D eigenvalue weighted by molar-refractivity contribution is 0.283. The van der Waals surface area contributed by atoms with E-state index in [4.69, 9.17) is 10.4 Å². The minimum atomic E-state index is 0.0310. The van der Waals surface area contributed by atoms with Crippen LogP contribution in [0.1, 0.15) is 11.1 Å². The van der Waals surface area contributed by atoms with E-state index in [1.165, 1.54) is 0 Å². The molecule has 3 heteroatoms. The number of aliphatic hydroxyl groups excluding tert-OH is 1. The summed E-state index contributed by atoms with van der Waals surface area (Å²) < 4.78 is 1.92. The first-order chi connectivity index (χ1) is 6.76. The number of aryl methyl sites for hydroxylation is 1. The zero-order valence-electron chi connectivity index (χ0n) is 7.86. The van der Waals surface area contributed by atoms with Crippen molar-refractivity contribution in [2.45, 2.75) is 6.61 Å². The van der Waals surface area contributed by atoms with Crippen LogP contribution in [0.2, 0.25) is 0 Å². The SMILES string of the molecule is Cn1cc(CO)c2ccc(C#N)cc21. The van der Waals surface area contributed by atoms with E-state index in [2.05, 4.69) is 6.07 Å². The first kappa shape index (κ1) is 8.79. The highest BCUT2D eigenvalue weighted by Crippen LogP contribution is 2.21. The second-order valence-electron chi connectivity index (χ2n) is 3.27. The Hall–Kier alpha value is -1.79. The lowest BCUT2D eigenvalue weighted by Crippen LogP contribution is -1.84. The zero-order valence-corrected chi connectivity index (χ0v) is 7.86. The van der Waals surface area contributed by atoms with Crippen molar-refractivity contribution in [1.82, 2.24) is 4.57 Å². The van der Waals surface area contributed by atoms with Crippen LogP contribution in [0.3, 0.4) is 0 Å². The Morgan fingerprint density at radius 2 is 2.29 bits per heavy atom. The van der Waals surface area contributed by atoms with E-state index < -0.39 is 0 Å². The number of hydrogen-bond donors (Lipinski definition) is 1. The average Bonchev–Trinajstić information content (AvgIpc) is 2.55. The Bertz CT molecular complexity index is 520. The molecule has 1 aromatic carbocycles. The molecule has 0 fully saturated rings. The molecule has 0 saturated carbocycles. The highest BCUT2D eigenvalue weighted by atomic mass is 16.3. The Morgan fingerprint density at radius 3 is 2.93 bits per heavy atom. The van der Waals surface area contributed by atoms with Crippen molar-refractivity contribution >= 4 is 10.9 Å². The number of fused-ring (bicyclic) bond motifs is 1. The number of benzene rings is 1. The lowest BCUT2D eigenvalue weighted by atomic mass is 10.1. The molecule has 0 unspecified atom stereocenters. The fourth-order valence-corrected chi connectivity index (χ4v) is 1.66. The third-order valence-electron chi connectivity index (χ3n) is 2.37. The van der Waals surface area contributed by atoms with E-state index >= 15 is 0 Å². The van der Waals surface area contributed by atoms with Crippen LogP contribution in [-0.4, -0.2) is 9.67 Å². The second-order valence-corrected chi connectivity index (χ2v) is 3.27. The first-order valence-electron chi connectivity index (χ1n) is 4.35. The van der Waals surface area contributed by atoms with Gasteiger partial charge in [0.25, 0.3) is 0 Å². The fourth-order valence-electron chi connectivity index (χ4n) is 1.66. The summed E-state index contributed by atoms with van der Waals surface area (Å²) >= 11 is 0. The number of aliphatic hydroxyl groups is 1. The van der Waals surface area contributed by atoms with Gasteiger partial charge in [-0.1, -0.05) is 6.07 Å². The molecule has 1 aromatic heterocycles. The van der Waals surface area contributed by atoms with Gasteiger partial charge in [0.2, 0.25) is 0 Å². The van der Waals surface area contributed by atoms with Crippen molar-refractivity contribution in [3.05, 3.63) is 35.5 Å². The molecule has 0 aliphatic heterocycles. The third kappa shape index (κ3) is 1.17. The summed E-state index contributed by atoms with van der Waals surface area (Å²) in [4.78, 5) is 0. The second kappa shape index (κ2) is 3.17. The van der Waals surface area contributed by atoms with Crippen molar-refractivity contribution in [3.63, 3.8) is 0 Å².